The molecule has 1 amide bonds. The molecule has 2 atom stereocenters. The minimum absolute atomic E-state index is 0.141. The molecule has 0 aliphatic heterocycles. The second-order valence-corrected chi connectivity index (χ2v) is 6.94. The number of rotatable bonds is 7. The molecule has 2 rings (SSSR count). The van der Waals surface area contributed by atoms with Crippen LogP contribution in [0.2, 0.25) is 0 Å². The Hall–Kier alpha value is -1.88. The van der Waals surface area contributed by atoms with Gasteiger partial charge < -0.3 is 10.1 Å². The van der Waals surface area contributed by atoms with Gasteiger partial charge in [-0.2, -0.15) is 0 Å². The fraction of sp³-hybridized carbons (Fsp3) is 0.579. The topological polar surface area (TPSA) is 58.6 Å². The molecule has 0 heterocycles. The maximum Gasteiger partial charge on any atom is 0.328 e. The van der Waals surface area contributed by atoms with Crippen molar-refractivity contribution in [1.82, 2.24) is 10.2 Å². The van der Waals surface area contributed by atoms with E-state index in [-0.39, 0.29) is 24.5 Å². The molecule has 0 spiro atoms. The molecule has 132 valence electrons. The summed E-state index contributed by atoms with van der Waals surface area (Å²) in [5, 5.41) is 2.82. The van der Waals surface area contributed by atoms with Gasteiger partial charge in [0.2, 0.25) is 5.91 Å². The summed E-state index contributed by atoms with van der Waals surface area (Å²) in [7, 11) is 3.31. The molecule has 24 heavy (non-hydrogen) atoms. The lowest BCUT2D eigenvalue weighted by atomic mass is 10.0. The van der Waals surface area contributed by atoms with E-state index in [1.807, 2.05) is 27.0 Å². The lowest BCUT2D eigenvalue weighted by Gasteiger charge is -2.26. The van der Waals surface area contributed by atoms with Crippen molar-refractivity contribution in [1.29, 1.82) is 0 Å². The number of nitrogens with zero attached hydrogens (tertiary/aromatic N) is 1. The van der Waals surface area contributed by atoms with Crippen LogP contribution in [0.5, 0.6) is 0 Å². The van der Waals surface area contributed by atoms with E-state index in [1.54, 1.807) is 0 Å². The van der Waals surface area contributed by atoms with Crippen LogP contribution in [0.3, 0.4) is 0 Å². The summed E-state index contributed by atoms with van der Waals surface area (Å²) >= 11 is 0. The number of benzene rings is 1. The molecule has 1 aromatic rings. The van der Waals surface area contributed by atoms with E-state index in [0.29, 0.717) is 12.3 Å². The normalized spacial score (nSPS) is 17.7. The molecule has 0 radical (unpaired) electrons. The van der Waals surface area contributed by atoms with E-state index in [1.165, 1.54) is 18.2 Å². The lowest BCUT2D eigenvalue weighted by molar-refractivity contribution is -0.145. The van der Waals surface area contributed by atoms with Gasteiger partial charge in [-0.1, -0.05) is 38.1 Å². The summed E-state index contributed by atoms with van der Waals surface area (Å²) in [6, 6.07) is 8.07. The Morgan fingerprint density at radius 1 is 1.33 bits per heavy atom. The van der Waals surface area contributed by atoms with E-state index < -0.39 is 6.04 Å². The van der Waals surface area contributed by atoms with Gasteiger partial charge in [0.1, 0.15) is 6.04 Å². The molecule has 1 aromatic carbocycles. The third-order valence-electron chi connectivity index (χ3n) is 4.55. The predicted octanol–water partition coefficient (Wildman–Crippen LogP) is 2.31. The number of carbonyl (C=O) groups is 2. The third kappa shape index (κ3) is 4.57. The second-order valence-electron chi connectivity index (χ2n) is 6.94. The number of aryl methyl sites for hydroxylation is 1. The third-order valence-corrected chi connectivity index (χ3v) is 4.55. The molecule has 0 aromatic heterocycles. The minimum atomic E-state index is -0.577. The zero-order valence-electron chi connectivity index (χ0n) is 15.0. The number of carbonyl (C=O) groups excluding carboxylic acids is 2. The largest absolute Gasteiger partial charge is 0.467 e. The van der Waals surface area contributed by atoms with Crippen molar-refractivity contribution in [3.63, 3.8) is 0 Å². The summed E-state index contributed by atoms with van der Waals surface area (Å²) < 4.78 is 4.80. The Morgan fingerprint density at radius 2 is 2.04 bits per heavy atom. The van der Waals surface area contributed by atoms with E-state index >= 15 is 0 Å². The fourth-order valence-corrected chi connectivity index (χ4v) is 3.40. The van der Waals surface area contributed by atoms with Crippen molar-refractivity contribution in [2.24, 2.45) is 5.92 Å². The van der Waals surface area contributed by atoms with Crippen LogP contribution in [0.15, 0.2) is 24.3 Å². The average molecular weight is 332 g/mol. The maximum absolute atomic E-state index is 12.4. The summed E-state index contributed by atoms with van der Waals surface area (Å²) in [6.07, 6.45) is 2.65. The second kappa shape index (κ2) is 8.29. The number of hydrogen-bond donors (Lipinski definition) is 1. The summed E-state index contributed by atoms with van der Waals surface area (Å²) in [5.74, 6) is -0.224. The molecule has 0 saturated heterocycles. The molecule has 0 bridgehead atoms. The van der Waals surface area contributed by atoms with Gasteiger partial charge in [0, 0.05) is 6.04 Å². The molecular weight excluding hydrogens is 304 g/mol. The Bertz CT molecular complexity index is 586. The number of likely N-dealkylation sites (N-methyl/N-ethyl adjacent to an activating group) is 1. The van der Waals surface area contributed by atoms with Crippen LogP contribution < -0.4 is 5.32 Å². The number of methoxy groups -OCH3 is 1. The standard InChI is InChI=1S/C19H28N2O3/c1-13(2)11-16(19(23)24-4)20-18(22)12-21(3)17-10-9-14-7-5-6-8-15(14)17/h5-8,13,16-17H,9-12H2,1-4H3,(H,20,22)/t16-,17-/m0/s1. The van der Waals surface area contributed by atoms with E-state index in [0.717, 1.165) is 12.8 Å². The first-order valence-electron chi connectivity index (χ1n) is 8.57. The van der Waals surface area contributed by atoms with Gasteiger partial charge in [-0.05, 0) is 43.4 Å². The zero-order chi connectivity index (χ0) is 17.7. The first-order valence-corrected chi connectivity index (χ1v) is 8.57. The van der Waals surface area contributed by atoms with Crippen LogP contribution in [-0.2, 0) is 20.7 Å². The predicted molar refractivity (Wildman–Crippen MR) is 93.5 cm³/mol. The van der Waals surface area contributed by atoms with Gasteiger partial charge in [0.25, 0.3) is 0 Å². The van der Waals surface area contributed by atoms with Gasteiger partial charge in [0.15, 0.2) is 0 Å². The van der Waals surface area contributed by atoms with E-state index in [4.69, 9.17) is 4.74 Å². The van der Waals surface area contributed by atoms with Gasteiger partial charge in [-0.15, -0.1) is 0 Å². The van der Waals surface area contributed by atoms with Crippen LogP contribution >= 0.6 is 0 Å². The van der Waals surface area contributed by atoms with Crippen molar-refractivity contribution < 1.29 is 14.3 Å². The SMILES string of the molecule is COC(=O)[C@H](CC(C)C)NC(=O)CN(C)[C@H]1CCc2ccccc21. The molecule has 0 saturated carbocycles. The molecule has 1 aliphatic rings. The van der Waals surface area contributed by atoms with Crippen molar-refractivity contribution in [3.05, 3.63) is 35.4 Å². The molecule has 5 heteroatoms. The molecular formula is C19H28N2O3. The van der Waals surface area contributed by atoms with Gasteiger partial charge >= 0.3 is 5.97 Å². The number of nitrogens with one attached hydrogen (secondary N) is 1. The molecule has 0 fully saturated rings. The van der Waals surface area contributed by atoms with Crippen molar-refractivity contribution in [2.75, 3.05) is 20.7 Å². The monoisotopic (exact) mass is 332 g/mol. The first kappa shape index (κ1) is 18.5. The highest BCUT2D eigenvalue weighted by Crippen LogP contribution is 2.34. The highest BCUT2D eigenvalue weighted by molar-refractivity contribution is 5.85. The molecule has 5 nitrogen and oxygen atoms in total. The van der Waals surface area contributed by atoms with E-state index in [2.05, 4.69) is 28.4 Å². The first-order chi connectivity index (χ1) is 11.4. The Balaban J connectivity index is 1.95. The van der Waals surface area contributed by atoms with Crippen molar-refractivity contribution >= 4 is 11.9 Å². The summed E-state index contributed by atoms with van der Waals surface area (Å²) in [5.41, 5.74) is 2.67. The van der Waals surface area contributed by atoms with Gasteiger partial charge in [0.05, 0.1) is 13.7 Å². The highest BCUT2D eigenvalue weighted by Gasteiger charge is 2.28. The smallest absolute Gasteiger partial charge is 0.328 e. The van der Waals surface area contributed by atoms with Crippen LogP contribution in [0, 0.1) is 5.92 Å². The number of hydrogen-bond acceptors (Lipinski definition) is 4. The zero-order valence-corrected chi connectivity index (χ0v) is 15.0. The number of ether oxygens (including phenoxy) is 1. The van der Waals surface area contributed by atoms with Crippen molar-refractivity contribution in [3.8, 4) is 0 Å². The number of amides is 1. The molecule has 0 unspecified atom stereocenters. The molecule has 1 N–H and O–H groups in total. The van der Waals surface area contributed by atoms with Crippen LogP contribution in [0.1, 0.15) is 43.9 Å². The van der Waals surface area contributed by atoms with Crippen LogP contribution in [-0.4, -0.2) is 43.5 Å². The quantitative estimate of drug-likeness (QED) is 0.779. The Kier molecular flexibility index (Phi) is 6.37. The molecule has 1 aliphatic carbocycles. The van der Waals surface area contributed by atoms with Gasteiger partial charge in [-0.25, -0.2) is 4.79 Å². The van der Waals surface area contributed by atoms with E-state index in [9.17, 15) is 9.59 Å². The Labute approximate surface area is 144 Å². The minimum Gasteiger partial charge on any atom is -0.467 e. The average Bonchev–Trinajstić information content (AvgIpc) is 2.97. The lowest BCUT2D eigenvalue weighted by Crippen LogP contribution is -2.46. The van der Waals surface area contributed by atoms with Crippen LogP contribution in [0.4, 0.5) is 0 Å². The van der Waals surface area contributed by atoms with Gasteiger partial charge in [-0.3, -0.25) is 9.69 Å². The Morgan fingerprint density at radius 3 is 2.71 bits per heavy atom. The van der Waals surface area contributed by atoms with Crippen molar-refractivity contribution in [2.45, 2.75) is 45.2 Å². The highest BCUT2D eigenvalue weighted by atomic mass is 16.5. The number of esters is 1. The number of fused-ring (bicyclic) bond motifs is 1. The fourth-order valence-electron chi connectivity index (χ4n) is 3.40. The summed E-state index contributed by atoms with van der Waals surface area (Å²) in [6.45, 7) is 4.30. The van der Waals surface area contributed by atoms with Crippen LogP contribution in [0.25, 0.3) is 0 Å². The summed E-state index contributed by atoms with van der Waals surface area (Å²) in [4.78, 5) is 26.3. The maximum atomic E-state index is 12.4.